The quantitative estimate of drug-likeness (QED) is 0.773. The third-order valence-corrected chi connectivity index (χ3v) is 3.93. The van der Waals surface area contributed by atoms with Crippen LogP contribution in [0.5, 0.6) is 0 Å². The number of anilines is 2. The number of hydrogen-bond acceptors (Lipinski definition) is 6. The molecule has 0 radical (unpaired) electrons. The lowest BCUT2D eigenvalue weighted by Gasteiger charge is -2.28. The number of carbonyl (C=O) groups is 1. The van der Waals surface area contributed by atoms with Crippen molar-refractivity contribution in [2.75, 3.05) is 37.5 Å². The van der Waals surface area contributed by atoms with E-state index in [1.165, 1.54) is 6.42 Å². The first-order valence-electron chi connectivity index (χ1n) is 8.50. The van der Waals surface area contributed by atoms with E-state index in [4.69, 9.17) is 9.47 Å². The molecule has 0 atom stereocenters. The molecule has 0 unspecified atom stereocenters. The average Bonchev–Trinajstić information content (AvgIpc) is 2.46. The van der Waals surface area contributed by atoms with Gasteiger partial charge in [-0.1, -0.05) is 0 Å². The molecule has 1 aliphatic carbocycles. The van der Waals surface area contributed by atoms with E-state index in [9.17, 15) is 4.79 Å². The summed E-state index contributed by atoms with van der Waals surface area (Å²) < 4.78 is 10.6. The monoisotopic (exact) mass is 335 g/mol. The highest BCUT2D eigenvalue weighted by molar-refractivity contribution is 5.91. The molecule has 1 aromatic heterocycles. The van der Waals surface area contributed by atoms with Crippen LogP contribution in [0.15, 0.2) is 12.1 Å². The summed E-state index contributed by atoms with van der Waals surface area (Å²) in [5.41, 5.74) is -0.00895. The molecule has 0 amide bonds. The van der Waals surface area contributed by atoms with E-state index in [0.29, 0.717) is 24.8 Å². The van der Waals surface area contributed by atoms with Crippen LogP contribution in [0.2, 0.25) is 0 Å². The van der Waals surface area contributed by atoms with Gasteiger partial charge in [-0.05, 0) is 52.2 Å². The van der Waals surface area contributed by atoms with E-state index in [-0.39, 0.29) is 5.97 Å². The SMILES string of the molecule is COCCN(C)c1cc(C(=O)OC(C)(C)C)cc(NC2CCC2)n1. The first-order valence-corrected chi connectivity index (χ1v) is 8.50. The highest BCUT2D eigenvalue weighted by atomic mass is 16.6. The van der Waals surface area contributed by atoms with Crippen molar-refractivity contribution in [1.82, 2.24) is 4.98 Å². The van der Waals surface area contributed by atoms with Crippen molar-refractivity contribution < 1.29 is 14.3 Å². The fraction of sp³-hybridized carbons (Fsp3) is 0.667. The van der Waals surface area contributed by atoms with Gasteiger partial charge in [0.15, 0.2) is 0 Å². The standard InChI is InChI=1S/C18H29N3O3/c1-18(2,3)24-17(22)13-11-15(19-14-7-6-8-14)20-16(12-13)21(4)9-10-23-5/h11-12,14H,6-10H2,1-5H3,(H,19,20). The van der Waals surface area contributed by atoms with Crippen molar-refractivity contribution in [1.29, 1.82) is 0 Å². The maximum absolute atomic E-state index is 12.4. The molecule has 0 bridgehead atoms. The predicted molar refractivity (Wildman–Crippen MR) is 95.8 cm³/mol. The van der Waals surface area contributed by atoms with Crippen LogP contribution in [-0.2, 0) is 9.47 Å². The molecule has 1 saturated carbocycles. The van der Waals surface area contributed by atoms with E-state index in [1.807, 2.05) is 32.7 Å². The molecule has 2 rings (SSSR count). The maximum Gasteiger partial charge on any atom is 0.338 e. The molecular weight excluding hydrogens is 306 g/mol. The van der Waals surface area contributed by atoms with Crippen molar-refractivity contribution in [2.24, 2.45) is 0 Å². The summed E-state index contributed by atoms with van der Waals surface area (Å²) in [4.78, 5) is 19.1. The Morgan fingerprint density at radius 1 is 1.38 bits per heavy atom. The van der Waals surface area contributed by atoms with Gasteiger partial charge in [0.2, 0.25) is 0 Å². The second-order valence-corrected chi connectivity index (χ2v) is 7.29. The second-order valence-electron chi connectivity index (χ2n) is 7.29. The van der Waals surface area contributed by atoms with Crippen LogP contribution in [0.3, 0.4) is 0 Å². The number of pyridine rings is 1. The zero-order valence-corrected chi connectivity index (χ0v) is 15.4. The predicted octanol–water partition coefficient (Wildman–Crippen LogP) is 3.08. The molecule has 24 heavy (non-hydrogen) atoms. The molecule has 6 nitrogen and oxygen atoms in total. The molecule has 1 fully saturated rings. The second kappa shape index (κ2) is 7.83. The summed E-state index contributed by atoms with van der Waals surface area (Å²) in [7, 11) is 3.61. The molecular formula is C18H29N3O3. The fourth-order valence-corrected chi connectivity index (χ4v) is 2.34. The van der Waals surface area contributed by atoms with Crippen LogP contribution in [0, 0.1) is 0 Å². The summed E-state index contributed by atoms with van der Waals surface area (Å²) in [6, 6.07) is 4.00. The summed E-state index contributed by atoms with van der Waals surface area (Å²) in [6.45, 7) is 6.89. The molecule has 6 heteroatoms. The molecule has 0 spiro atoms. The first-order chi connectivity index (χ1) is 11.3. The molecule has 1 N–H and O–H groups in total. The van der Waals surface area contributed by atoms with Gasteiger partial charge in [0.25, 0.3) is 0 Å². The number of nitrogens with one attached hydrogen (secondary N) is 1. The lowest BCUT2D eigenvalue weighted by atomic mass is 9.93. The Labute approximate surface area is 144 Å². The van der Waals surface area contributed by atoms with Crippen molar-refractivity contribution in [3.8, 4) is 0 Å². The molecule has 0 aromatic carbocycles. The van der Waals surface area contributed by atoms with Crippen molar-refractivity contribution in [3.05, 3.63) is 17.7 Å². The zero-order chi connectivity index (χ0) is 17.7. The van der Waals surface area contributed by atoms with Crippen LogP contribution >= 0.6 is 0 Å². The van der Waals surface area contributed by atoms with Crippen LogP contribution in [-0.4, -0.2) is 49.9 Å². The number of aromatic nitrogens is 1. The average molecular weight is 335 g/mol. The number of carbonyl (C=O) groups excluding carboxylic acids is 1. The number of esters is 1. The number of likely N-dealkylation sites (N-methyl/N-ethyl adjacent to an activating group) is 1. The molecule has 0 saturated heterocycles. The zero-order valence-electron chi connectivity index (χ0n) is 15.4. The molecule has 134 valence electrons. The van der Waals surface area contributed by atoms with Gasteiger partial charge in [0, 0.05) is 26.7 Å². The van der Waals surface area contributed by atoms with E-state index in [0.717, 1.165) is 24.5 Å². The van der Waals surface area contributed by atoms with Gasteiger partial charge in [-0.3, -0.25) is 0 Å². The van der Waals surface area contributed by atoms with E-state index < -0.39 is 5.60 Å². The van der Waals surface area contributed by atoms with Gasteiger partial charge < -0.3 is 19.7 Å². The summed E-state index contributed by atoms with van der Waals surface area (Å²) >= 11 is 0. The largest absolute Gasteiger partial charge is 0.456 e. The number of methoxy groups -OCH3 is 1. The minimum absolute atomic E-state index is 0.331. The van der Waals surface area contributed by atoms with Gasteiger partial charge in [0.1, 0.15) is 17.2 Å². The van der Waals surface area contributed by atoms with Crippen LogP contribution in [0.1, 0.15) is 50.4 Å². The van der Waals surface area contributed by atoms with Crippen molar-refractivity contribution in [3.63, 3.8) is 0 Å². The number of nitrogens with zero attached hydrogens (tertiary/aromatic N) is 2. The highest BCUT2D eigenvalue weighted by Crippen LogP contribution is 2.25. The Kier molecular flexibility index (Phi) is 6.04. The van der Waals surface area contributed by atoms with Crippen LogP contribution in [0.4, 0.5) is 11.6 Å². The Bertz CT molecular complexity index is 565. The number of ether oxygens (including phenoxy) is 2. The molecule has 1 heterocycles. The topological polar surface area (TPSA) is 63.7 Å². The Balaban J connectivity index is 2.23. The van der Waals surface area contributed by atoms with E-state index in [1.54, 1.807) is 19.2 Å². The highest BCUT2D eigenvalue weighted by Gasteiger charge is 2.22. The maximum atomic E-state index is 12.4. The van der Waals surface area contributed by atoms with Crippen LogP contribution < -0.4 is 10.2 Å². The summed E-state index contributed by atoms with van der Waals surface area (Å²) in [5.74, 6) is 1.13. The van der Waals surface area contributed by atoms with E-state index in [2.05, 4.69) is 10.3 Å². The smallest absolute Gasteiger partial charge is 0.338 e. The number of rotatable bonds is 7. The third kappa shape index (κ3) is 5.37. The van der Waals surface area contributed by atoms with Gasteiger partial charge >= 0.3 is 5.97 Å². The van der Waals surface area contributed by atoms with Gasteiger partial charge in [-0.2, -0.15) is 0 Å². The van der Waals surface area contributed by atoms with Gasteiger partial charge in [-0.15, -0.1) is 0 Å². The molecule has 1 aromatic rings. The lowest BCUT2D eigenvalue weighted by molar-refractivity contribution is 0.00695. The minimum Gasteiger partial charge on any atom is -0.456 e. The van der Waals surface area contributed by atoms with Crippen molar-refractivity contribution >= 4 is 17.6 Å². The number of hydrogen-bond donors (Lipinski definition) is 1. The third-order valence-electron chi connectivity index (χ3n) is 3.93. The molecule has 0 aliphatic heterocycles. The lowest BCUT2D eigenvalue weighted by Crippen LogP contribution is -2.29. The summed E-state index contributed by atoms with van der Waals surface area (Å²) in [5, 5.41) is 3.41. The van der Waals surface area contributed by atoms with Gasteiger partial charge in [-0.25, -0.2) is 9.78 Å². The Morgan fingerprint density at radius 3 is 2.62 bits per heavy atom. The van der Waals surface area contributed by atoms with Crippen molar-refractivity contribution in [2.45, 2.75) is 51.7 Å². The Morgan fingerprint density at radius 2 is 2.08 bits per heavy atom. The Hall–Kier alpha value is -1.82. The van der Waals surface area contributed by atoms with Gasteiger partial charge in [0.05, 0.1) is 12.2 Å². The minimum atomic E-state index is -0.524. The molecule has 1 aliphatic rings. The van der Waals surface area contributed by atoms with E-state index >= 15 is 0 Å². The summed E-state index contributed by atoms with van der Waals surface area (Å²) in [6.07, 6.45) is 3.53. The normalized spacial score (nSPS) is 14.9. The first kappa shape index (κ1) is 18.5. The fourth-order valence-electron chi connectivity index (χ4n) is 2.34. The van der Waals surface area contributed by atoms with Crippen LogP contribution in [0.25, 0.3) is 0 Å².